The number of halogens is 1. The van der Waals surface area contributed by atoms with Crippen molar-refractivity contribution < 1.29 is 4.39 Å². The molecule has 2 atom stereocenters. The first kappa shape index (κ1) is 14.9. The summed E-state index contributed by atoms with van der Waals surface area (Å²) in [5.41, 5.74) is 7.27. The molecule has 2 unspecified atom stereocenters. The van der Waals surface area contributed by atoms with Crippen LogP contribution in [-0.2, 0) is 6.54 Å². The zero-order valence-electron chi connectivity index (χ0n) is 12.9. The second kappa shape index (κ2) is 6.03. The molecule has 2 saturated heterocycles. The second-order valence-corrected chi connectivity index (χ2v) is 6.70. The summed E-state index contributed by atoms with van der Waals surface area (Å²) in [6, 6.07) is 7.60. The predicted molar refractivity (Wildman–Crippen MR) is 83.5 cm³/mol. The van der Waals surface area contributed by atoms with Crippen molar-refractivity contribution in [1.29, 1.82) is 0 Å². The average Bonchev–Trinajstić information content (AvgIpc) is 2.94. The van der Waals surface area contributed by atoms with Crippen LogP contribution in [0.2, 0.25) is 0 Å². The third-order valence-electron chi connectivity index (χ3n) is 5.48. The molecule has 3 nitrogen and oxygen atoms in total. The van der Waals surface area contributed by atoms with Crippen LogP contribution in [0.15, 0.2) is 24.3 Å². The summed E-state index contributed by atoms with van der Waals surface area (Å²) in [5, 5.41) is 0. The standard InChI is InChI=1S/C17H26FN3/c1-20(12-14-4-2-5-15(18)10-14)17(13-19)7-9-21-8-3-6-16(21)11-17/h2,4-5,10,16H,3,6-9,11-13,19H2,1H3. The van der Waals surface area contributed by atoms with Crippen LogP contribution in [0.5, 0.6) is 0 Å². The van der Waals surface area contributed by atoms with Gasteiger partial charge >= 0.3 is 0 Å². The highest BCUT2D eigenvalue weighted by molar-refractivity contribution is 5.17. The molecule has 2 aliphatic heterocycles. The number of nitrogens with zero attached hydrogens (tertiary/aromatic N) is 2. The van der Waals surface area contributed by atoms with Crippen molar-refractivity contribution in [1.82, 2.24) is 9.80 Å². The zero-order chi connectivity index (χ0) is 14.9. The Bertz CT molecular complexity index is 493. The molecule has 0 saturated carbocycles. The Hall–Kier alpha value is -0.970. The van der Waals surface area contributed by atoms with Gasteiger partial charge in [-0.3, -0.25) is 4.90 Å². The molecule has 0 radical (unpaired) electrons. The number of hydrogen-bond acceptors (Lipinski definition) is 3. The smallest absolute Gasteiger partial charge is 0.123 e. The van der Waals surface area contributed by atoms with E-state index in [0.29, 0.717) is 12.6 Å². The van der Waals surface area contributed by atoms with Gasteiger partial charge in [-0.15, -0.1) is 0 Å². The fourth-order valence-corrected chi connectivity index (χ4v) is 4.08. The first-order chi connectivity index (χ1) is 10.1. The van der Waals surface area contributed by atoms with Crippen molar-refractivity contribution in [3.63, 3.8) is 0 Å². The van der Waals surface area contributed by atoms with Gasteiger partial charge in [-0.2, -0.15) is 0 Å². The first-order valence-corrected chi connectivity index (χ1v) is 8.03. The minimum absolute atomic E-state index is 0.0673. The van der Waals surface area contributed by atoms with E-state index in [1.54, 1.807) is 12.1 Å². The van der Waals surface area contributed by atoms with Gasteiger partial charge in [0.15, 0.2) is 0 Å². The Labute approximate surface area is 126 Å². The average molecular weight is 291 g/mol. The van der Waals surface area contributed by atoms with E-state index in [9.17, 15) is 4.39 Å². The van der Waals surface area contributed by atoms with Crippen molar-refractivity contribution in [3.05, 3.63) is 35.6 Å². The number of hydrogen-bond donors (Lipinski definition) is 1. The lowest BCUT2D eigenvalue weighted by Crippen LogP contribution is -2.59. The van der Waals surface area contributed by atoms with Gasteiger partial charge in [-0.05, 0) is 57.0 Å². The maximum Gasteiger partial charge on any atom is 0.123 e. The highest BCUT2D eigenvalue weighted by Gasteiger charge is 2.42. The Morgan fingerprint density at radius 1 is 1.43 bits per heavy atom. The predicted octanol–water partition coefficient (Wildman–Crippen LogP) is 2.21. The normalized spacial score (nSPS) is 29.8. The molecule has 2 N–H and O–H groups in total. The lowest BCUT2D eigenvalue weighted by atomic mass is 9.81. The van der Waals surface area contributed by atoms with Crippen LogP contribution < -0.4 is 5.73 Å². The van der Waals surface area contributed by atoms with Crippen LogP contribution in [0.25, 0.3) is 0 Å². The van der Waals surface area contributed by atoms with Gasteiger partial charge in [0, 0.05) is 31.2 Å². The van der Waals surface area contributed by atoms with Crippen LogP contribution in [0.4, 0.5) is 4.39 Å². The lowest BCUT2D eigenvalue weighted by molar-refractivity contribution is 0.0220. The fourth-order valence-electron chi connectivity index (χ4n) is 4.08. The molecule has 0 amide bonds. The second-order valence-electron chi connectivity index (χ2n) is 6.70. The Morgan fingerprint density at radius 3 is 3.05 bits per heavy atom. The third kappa shape index (κ3) is 2.98. The minimum Gasteiger partial charge on any atom is -0.329 e. The molecule has 21 heavy (non-hydrogen) atoms. The summed E-state index contributed by atoms with van der Waals surface area (Å²) in [7, 11) is 2.14. The van der Waals surface area contributed by atoms with E-state index in [1.165, 1.54) is 25.5 Å². The van der Waals surface area contributed by atoms with E-state index in [2.05, 4.69) is 16.8 Å². The van der Waals surface area contributed by atoms with Crippen LogP contribution >= 0.6 is 0 Å². The topological polar surface area (TPSA) is 32.5 Å². The van der Waals surface area contributed by atoms with Crippen molar-refractivity contribution in [3.8, 4) is 0 Å². The molecule has 0 spiro atoms. The number of fused-ring (bicyclic) bond motifs is 1. The quantitative estimate of drug-likeness (QED) is 0.923. The number of piperidine rings is 1. The molecule has 2 aliphatic rings. The van der Waals surface area contributed by atoms with Crippen molar-refractivity contribution in [2.24, 2.45) is 5.73 Å². The largest absolute Gasteiger partial charge is 0.329 e. The summed E-state index contributed by atoms with van der Waals surface area (Å²) in [6.07, 6.45) is 4.88. The van der Waals surface area contributed by atoms with Crippen molar-refractivity contribution >= 4 is 0 Å². The summed E-state index contributed by atoms with van der Waals surface area (Å²) in [5.74, 6) is -0.159. The number of nitrogens with two attached hydrogens (primary N) is 1. The van der Waals surface area contributed by atoms with Gasteiger partial charge in [0.1, 0.15) is 5.82 Å². The number of benzene rings is 1. The molecule has 116 valence electrons. The van der Waals surface area contributed by atoms with E-state index in [1.807, 2.05) is 6.07 Å². The molecular formula is C17H26FN3. The van der Waals surface area contributed by atoms with Crippen LogP contribution in [0.1, 0.15) is 31.2 Å². The molecule has 0 aliphatic carbocycles. The maximum absolute atomic E-state index is 13.4. The molecule has 2 heterocycles. The molecule has 0 aromatic heterocycles. The number of likely N-dealkylation sites (N-methyl/N-ethyl adjacent to an activating group) is 1. The SMILES string of the molecule is CN(Cc1cccc(F)c1)C1(CN)CCN2CCCC2C1. The lowest BCUT2D eigenvalue weighted by Gasteiger charge is -2.49. The van der Waals surface area contributed by atoms with Crippen LogP contribution in [-0.4, -0.2) is 48.1 Å². The van der Waals surface area contributed by atoms with E-state index in [0.717, 1.165) is 31.5 Å². The van der Waals surface area contributed by atoms with Gasteiger partial charge in [0.05, 0.1) is 0 Å². The molecular weight excluding hydrogens is 265 g/mol. The maximum atomic E-state index is 13.4. The fraction of sp³-hybridized carbons (Fsp3) is 0.647. The zero-order valence-corrected chi connectivity index (χ0v) is 12.9. The van der Waals surface area contributed by atoms with E-state index in [4.69, 9.17) is 5.73 Å². The summed E-state index contributed by atoms with van der Waals surface area (Å²) in [6.45, 7) is 3.85. The molecule has 2 fully saturated rings. The monoisotopic (exact) mass is 291 g/mol. The van der Waals surface area contributed by atoms with Crippen LogP contribution in [0.3, 0.4) is 0 Å². The molecule has 1 aromatic carbocycles. The van der Waals surface area contributed by atoms with Gasteiger partial charge in [-0.25, -0.2) is 4.39 Å². The summed E-state index contributed by atoms with van der Waals surface area (Å²) in [4.78, 5) is 4.97. The van der Waals surface area contributed by atoms with E-state index < -0.39 is 0 Å². The Morgan fingerprint density at radius 2 is 2.29 bits per heavy atom. The first-order valence-electron chi connectivity index (χ1n) is 8.03. The van der Waals surface area contributed by atoms with Gasteiger partial charge < -0.3 is 10.6 Å². The molecule has 4 heteroatoms. The van der Waals surface area contributed by atoms with Crippen molar-refractivity contribution in [2.45, 2.75) is 43.8 Å². The van der Waals surface area contributed by atoms with Crippen molar-refractivity contribution in [2.75, 3.05) is 26.7 Å². The van der Waals surface area contributed by atoms with Gasteiger partial charge in [-0.1, -0.05) is 12.1 Å². The number of rotatable bonds is 4. The molecule has 0 bridgehead atoms. The molecule has 3 rings (SSSR count). The minimum atomic E-state index is -0.159. The van der Waals surface area contributed by atoms with Gasteiger partial charge in [0.25, 0.3) is 0 Å². The van der Waals surface area contributed by atoms with E-state index >= 15 is 0 Å². The highest BCUT2D eigenvalue weighted by Crippen LogP contribution is 2.36. The Balaban J connectivity index is 1.72. The van der Waals surface area contributed by atoms with Crippen LogP contribution in [0, 0.1) is 5.82 Å². The van der Waals surface area contributed by atoms with Gasteiger partial charge in [0.2, 0.25) is 0 Å². The Kier molecular flexibility index (Phi) is 4.29. The molecule has 1 aromatic rings. The van der Waals surface area contributed by atoms with E-state index in [-0.39, 0.29) is 11.4 Å². The third-order valence-corrected chi connectivity index (χ3v) is 5.48. The summed E-state index contributed by atoms with van der Waals surface area (Å²) < 4.78 is 13.4. The summed E-state index contributed by atoms with van der Waals surface area (Å²) >= 11 is 0. The highest BCUT2D eigenvalue weighted by atomic mass is 19.1.